The number of fused-ring (bicyclic) bond motifs is 2. The van der Waals surface area contributed by atoms with E-state index < -0.39 is 0 Å². The molecule has 4 aromatic rings. The minimum absolute atomic E-state index is 0.590. The lowest BCUT2D eigenvalue weighted by Crippen LogP contribution is -2.31. The maximum atomic E-state index is 5.15. The van der Waals surface area contributed by atoms with Crippen LogP contribution >= 0.6 is 11.3 Å². The van der Waals surface area contributed by atoms with Crippen molar-refractivity contribution >= 4 is 32.6 Å². The molecule has 0 amide bonds. The van der Waals surface area contributed by atoms with Crippen molar-refractivity contribution in [2.24, 2.45) is 7.05 Å². The highest BCUT2D eigenvalue weighted by atomic mass is 32.1. The first kappa shape index (κ1) is 19.5. The molecule has 2 saturated carbocycles. The van der Waals surface area contributed by atoms with Crippen LogP contribution in [0, 0.1) is 6.92 Å². The third-order valence-electron chi connectivity index (χ3n) is 7.70. The van der Waals surface area contributed by atoms with Crippen LogP contribution in [0.4, 0.5) is 0 Å². The molecule has 0 N–H and O–H groups in total. The molecular weight excluding hydrogens is 398 g/mol. The van der Waals surface area contributed by atoms with Crippen molar-refractivity contribution in [3.05, 3.63) is 47.0 Å². The van der Waals surface area contributed by atoms with Gasteiger partial charge >= 0.3 is 0 Å². The number of benzene rings is 2. The van der Waals surface area contributed by atoms with E-state index in [0.29, 0.717) is 12.0 Å². The fourth-order valence-corrected chi connectivity index (χ4v) is 7.40. The van der Waals surface area contributed by atoms with E-state index in [1.165, 1.54) is 101 Å². The third kappa shape index (κ3) is 3.14. The van der Waals surface area contributed by atoms with Crippen LogP contribution in [0.25, 0.3) is 32.6 Å². The van der Waals surface area contributed by atoms with Crippen LogP contribution in [-0.2, 0) is 7.05 Å². The zero-order valence-electron chi connectivity index (χ0n) is 18.7. The molecule has 6 rings (SSSR count). The number of hydrogen-bond donors (Lipinski definition) is 0. The first-order valence-corrected chi connectivity index (χ1v) is 12.9. The van der Waals surface area contributed by atoms with Crippen LogP contribution in [0.3, 0.4) is 0 Å². The average Bonchev–Trinajstić information content (AvgIpc) is 3.53. The van der Waals surface area contributed by atoms with E-state index in [1.807, 2.05) is 11.3 Å². The fraction of sp³-hybridized carbons (Fsp3) is 0.481. The summed E-state index contributed by atoms with van der Waals surface area (Å²) < 4.78 is 6.52. The molecule has 2 heterocycles. The van der Waals surface area contributed by atoms with Crippen molar-refractivity contribution < 1.29 is 4.57 Å². The maximum absolute atomic E-state index is 5.15. The number of rotatable bonds is 3. The standard InChI is InChI=1S/C27H32N3S/c1-18-16-17-21-25(31-26(28-21)19-10-6-7-11-19)24(18)27-29(2)22-14-8-9-15-23(22)30(27)20-12-4-3-5-13-20/h8-9,14-17,19-20H,3-7,10-13H2,1-2H3/q+1. The Hall–Kier alpha value is -2.20. The molecule has 0 radical (unpaired) electrons. The Morgan fingerprint density at radius 2 is 1.68 bits per heavy atom. The number of aromatic nitrogens is 3. The van der Waals surface area contributed by atoms with Crippen LogP contribution in [0.5, 0.6) is 0 Å². The molecule has 0 aliphatic heterocycles. The number of aryl methyl sites for hydroxylation is 2. The Balaban J connectivity index is 1.63. The van der Waals surface area contributed by atoms with Crippen molar-refractivity contribution in [3.8, 4) is 11.4 Å². The molecule has 0 bridgehead atoms. The van der Waals surface area contributed by atoms with Crippen LogP contribution < -0.4 is 4.57 Å². The van der Waals surface area contributed by atoms with Gasteiger partial charge in [0.1, 0.15) is 6.04 Å². The van der Waals surface area contributed by atoms with Crippen LogP contribution in [0.15, 0.2) is 36.4 Å². The minimum Gasteiger partial charge on any atom is -0.241 e. The Bertz CT molecular complexity index is 1250. The molecule has 2 fully saturated rings. The zero-order valence-corrected chi connectivity index (χ0v) is 19.5. The summed E-state index contributed by atoms with van der Waals surface area (Å²) >= 11 is 1.97. The van der Waals surface area contributed by atoms with Crippen molar-refractivity contribution in [2.75, 3.05) is 0 Å². The molecule has 3 nitrogen and oxygen atoms in total. The smallest absolute Gasteiger partial charge is 0.241 e. The lowest BCUT2D eigenvalue weighted by molar-refractivity contribution is -0.634. The Morgan fingerprint density at radius 3 is 2.48 bits per heavy atom. The molecule has 0 unspecified atom stereocenters. The summed E-state index contributed by atoms with van der Waals surface area (Å²) in [5.74, 6) is 2.04. The van der Waals surface area contributed by atoms with Gasteiger partial charge in [-0.05, 0) is 69.2 Å². The van der Waals surface area contributed by atoms with Crippen LogP contribution in [0.1, 0.15) is 80.3 Å². The fourth-order valence-electron chi connectivity index (χ4n) is 6.07. The zero-order chi connectivity index (χ0) is 20.9. The molecule has 4 heteroatoms. The molecule has 0 atom stereocenters. The van der Waals surface area contributed by atoms with E-state index in [4.69, 9.17) is 4.98 Å². The quantitative estimate of drug-likeness (QED) is 0.315. The molecule has 0 saturated heterocycles. The van der Waals surface area contributed by atoms with E-state index in [1.54, 1.807) is 0 Å². The molecule has 160 valence electrons. The second kappa shape index (κ2) is 7.74. The number of nitrogens with zero attached hydrogens (tertiary/aromatic N) is 3. The second-order valence-corrected chi connectivity index (χ2v) is 10.7. The van der Waals surface area contributed by atoms with Gasteiger partial charge in [-0.1, -0.05) is 37.5 Å². The van der Waals surface area contributed by atoms with Crippen molar-refractivity contribution in [1.29, 1.82) is 0 Å². The monoisotopic (exact) mass is 430 g/mol. The third-order valence-corrected chi connectivity index (χ3v) is 8.95. The van der Waals surface area contributed by atoms with Crippen molar-refractivity contribution in [2.45, 2.75) is 76.7 Å². The summed E-state index contributed by atoms with van der Waals surface area (Å²) in [6, 6.07) is 14.1. The topological polar surface area (TPSA) is 21.7 Å². The number of thiazole rings is 1. The van der Waals surface area contributed by atoms with Gasteiger partial charge in [0, 0.05) is 5.92 Å². The van der Waals surface area contributed by atoms with E-state index in [2.05, 4.69) is 59.5 Å². The predicted octanol–water partition coefficient (Wildman–Crippen LogP) is 7.21. The van der Waals surface area contributed by atoms with Gasteiger partial charge in [-0.3, -0.25) is 0 Å². The van der Waals surface area contributed by atoms with E-state index in [9.17, 15) is 0 Å². The molecule has 31 heavy (non-hydrogen) atoms. The summed E-state index contributed by atoms with van der Waals surface area (Å²) in [5, 5.41) is 1.36. The first-order valence-electron chi connectivity index (χ1n) is 12.1. The van der Waals surface area contributed by atoms with Gasteiger partial charge in [0.05, 0.1) is 27.8 Å². The van der Waals surface area contributed by atoms with Gasteiger partial charge in [0.15, 0.2) is 11.0 Å². The molecule has 2 aromatic heterocycles. The van der Waals surface area contributed by atoms with E-state index >= 15 is 0 Å². The Labute approximate surface area is 188 Å². The normalized spacial score (nSPS) is 18.5. The number of hydrogen-bond acceptors (Lipinski definition) is 2. The second-order valence-electron chi connectivity index (χ2n) is 9.67. The summed E-state index contributed by atoms with van der Waals surface area (Å²) in [6.07, 6.45) is 12.0. The molecular formula is C27H32N3S+. The van der Waals surface area contributed by atoms with Gasteiger partial charge in [0.2, 0.25) is 0 Å². The van der Waals surface area contributed by atoms with Gasteiger partial charge in [-0.2, -0.15) is 0 Å². The van der Waals surface area contributed by atoms with E-state index in [0.717, 1.165) is 0 Å². The molecule has 2 aliphatic carbocycles. The SMILES string of the molecule is Cc1ccc2nc(C3CCCC3)sc2c1-c1n(C2CCCCC2)c2ccccc2[n+]1C. The summed E-state index contributed by atoms with van der Waals surface area (Å²) in [5.41, 5.74) is 6.67. The average molecular weight is 431 g/mol. The predicted molar refractivity (Wildman–Crippen MR) is 130 cm³/mol. The lowest BCUT2D eigenvalue weighted by atomic mass is 9.94. The lowest BCUT2D eigenvalue weighted by Gasteiger charge is -2.21. The van der Waals surface area contributed by atoms with Crippen molar-refractivity contribution in [3.63, 3.8) is 0 Å². The maximum Gasteiger partial charge on any atom is 0.291 e. The van der Waals surface area contributed by atoms with Gasteiger partial charge in [-0.15, -0.1) is 11.3 Å². The first-order chi connectivity index (χ1) is 15.2. The Kier molecular flexibility index (Phi) is 4.86. The highest BCUT2D eigenvalue weighted by Gasteiger charge is 2.33. The largest absolute Gasteiger partial charge is 0.291 e. The van der Waals surface area contributed by atoms with E-state index in [-0.39, 0.29) is 0 Å². The van der Waals surface area contributed by atoms with Gasteiger partial charge < -0.3 is 0 Å². The van der Waals surface area contributed by atoms with Gasteiger partial charge in [0.25, 0.3) is 5.82 Å². The van der Waals surface area contributed by atoms with Crippen LogP contribution in [0.2, 0.25) is 0 Å². The highest BCUT2D eigenvalue weighted by molar-refractivity contribution is 7.19. The molecule has 0 spiro atoms. The number of imidazole rings is 1. The van der Waals surface area contributed by atoms with Gasteiger partial charge in [-0.25, -0.2) is 14.1 Å². The number of para-hydroxylation sites is 2. The van der Waals surface area contributed by atoms with Crippen LogP contribution in [-0.4, -0.2) is 9.55 Å². The summed E-state index contributed by atoms with van der Waals surface area (Å²) in [6.45, 7) is 2.28. The molecule has 2 aromatic carbocycles. The molecule has 2 aliphatic rings. The minimum atomic E-state index is 0.590. The van der Waals surface area contributed by atoms with Crippen molar-refractivity contribution in [1.82, 2.24) is 9.55 Å². The summed E-state index contributed by atoms with van der Waals surface area (Å²) in [7, 11) is 2.26. The highest BCUT2D eigenvalue weighted by Crippen LogP contribution is 2.43. The Morgan fingerprint density at radius 1 is 0.935 bits per heavy atom. The summed E-state index contributed by atoms with van der Waals surface area (Å²) in [4.78, 5) is 5.15.